The van der Waals surface area contributed by atoms with Gasteiger partial charge in [0.15, 0.2) is 0 Å². The summed E-state index contributed by atoms with van der Waals surface area (Å²) in [6.07, 6.45) is 0. The minimum atomic E-state index is -0.532. The molecule has 1 saturated heterocycles. The van der Waals surface area contributed by atoms with Crippen molar-refractivity contribution in [3.05, 3.63) is 28.8 Å². The Bertz CT molecular complexity index is 506. The molecule has 1 aromatic rings. The van der Waals surface area contributed by atoms with Gasteiger partial charge < -0.3 is 9.31 Å². The number of rotatable bonds is 1. The van der Waals surface area contributed by atoms with Crippen LogP contribution in [0.4, 0.5) is 0 Å². The molecular weight excluding hydrogens is 248 g/mol. The normalized spacial score (nSPS) is 20.8. The van der Waals surface area contributed by atoms with Crippen LogP contribution in [0.5, 0.6) is 0 Å². The minimum Gasteiger partial charge on any atom is -0.399 e. The second-order valence-electron chi connectivity index (χ2n) is 5.44. The molecule has 0 atom stereocenters. The van der Waals surface area contributed by atoms with Gasteiger partial charge in [-0.2, -0.15) is 5.26 Å². The highest BCUT2D eigenvalue weighted by atomic mass is 35.5. The highest BCUT2D eigenvalue weighted by Gasteiger charge is 2.52. The van der Waals surface area contributed by atoms with Gasteiger partial charge in [0.1, 0.15) is 0 Å². The Hall–Kier alpha value is -1.02. The van der Waals surface area contributed by atoms with Crippen molar-refractivity contribution in [2.24, 2.45) is 0 Å². The molecule has 3 nitrogen and oxygen atoms in total. The fourth-order valence-electron chi connectivity index (χ4n) is 1.76. The summed E-state index contributed by atoms with van der Waals surface area (Å²) in [5.41, 5.74) is 0.422. The number of hydrogen-bond acceptors (Lipinski definition) is 3. The van der Waals surface area contributed by atoms with E-state index in [4.69, 9.17) is 26.2 Å². The summed E-state index contributed by atoms with van der Waals surface area (Å²) in [4.78, 5) is 0. The first kappa shape index (κ1) is 13.4. The van der Waals surface area contributed by atoms with Crippen LogP contribution < -0.4 is 5.46 Å². The first-order valence-corrected chi connectivity index (χ1v) is 6.20. The molecule has 5 heteroatoms. The molecule has 0 aliphatic carbocycles. The fraction of sp³-hybridized carbons (Fsp3) is 0.462. The molecule has 1 heterocycles. The van der Waals surface area contributed by atoms with E-state index in [0.717, 1.165) is 0 Å². The monoisotopic (exact) mass is 263 g/mol. The van der Waals surface area contributed by atoms with Crippen LogP contribution in [0.25, 0.3) is 0 Å². The van der Waals surface area contributed by atoms with Gasteiger partial charge in [0.05, 0.1) is 22.8 Å². The topological polar surface area (TPSA) is 42.2 Å². The third-order valence-corrected chi connectivity index (χ3v) is 3.98. The molecule has 1 fully saturated rings. The lowest BCUT2D eigenvalue weighted by atomic mass is 9.78. The lowest BCUT2D eigenvalue weighted by Gasteiger charge is -2.32. The van der Waals surface area contributed by atoms with Crippen LogP contribution in [-0.4, -0.2) is 18.3 Å². The molecule has 0 aromatic heterocycles. The number of halogens is 1. The summed E-state index contributed by atoms with van der Waals surface area (Å²) in [7, 11) is -0.532. The molecular formula is C13H15BClNO2. The van der Waals surface area contributed by atoms with Gasteiger partial charge in [-0.1, -0.05) is 11.6 Å². The van der Waals surface area contributed by atoms with Gasteiger partial charge in [0.2, 0.25) is 0 Å². The zero-order valence-electron chi connectivity index (χ0n) is 11.0. The quantitative estimate of drug-likeness (QED) is 0.731. The molecule has 0 unspecified atom stereocenters. The Morgan fingerprint density at radius 2 is 1.72 bits per heavy atom. The molecule has 0 N–H and O–H groups in total. The van der Waals surface area contributed by atoms with Crippen molar-refractivity contribution < 1.29 is 9.31 Å². The van der Waals surface area contributed by atoms with Gasteiger partial charge in [-0.05, 0) is 45.9 Å². The molecule has 1 aliphatic rings. The Kier molecular flexibility index (Phi) is 3.18. The van der Waals surface area contributed by atoms with Crippen molar-refractivity contribution in [2.45, 2.75) is 38.9 Å². The lowest BCUT2D eigenvalue weighted by molar-refractivity contribution is 0.00578. The molecule has 0 saturated carbocycles. The van der Waals surface area contributed by atoms with Gasteiger partial charge in [-0.25, -0.2) is 0 Å². The Morgan fingerprint density at radius 3 is 2.22 bits per heavy atom. The van der Waals surface area contributed by atoms with Crippen LogP contribution in [0.1, 0.15) is 33.3 Å². The van der Waals surface area contributed by atoms with E-state index < -0.39 is 18.3 Å². The molecule has 94 valence electrons. The zero-order chi connectivity index (χ0) is 13.6. The van der Waals surface area contributed by atoms with E-state index in [1.54, 1.807) is 18.2 Å². The summed E-state index contributed by atoms with van der Waals surface area (Å²) in [6.45, 7) is 7.92. The SMILES string of the molecule is CC1(C)OB(c2cc(C#N)ccc2Cl)OC1(C)C. The van der Waals surface area contributed by atoms with Gasteiger partial charge >= 0.3 is 7.12 Å². The number of nitrogens with zero attached hydrogens (tertiary/aromatic N) is 1. The standard InChI is InChI=1S/C13H15BClNO2/c1-12(2)13(3,4)18-14(17-12)10-7-9(8-16)5-6-11(10)15/h5-7H,1-4H3. The zero-order valence-corrected chi connectivity index (χ0v) is 11.7. The van der Waals surface area contributed by atoms with Crippen LogP contribution in [-0.2, 0) is 9.31 Å². The van der Waals surface area contributed by atoms with Gasteiger partial charge in [0.25, 0.3) is 0 Å². The highest BCUT2D eigenvalue weighted by molar-refractivity contribution is 6.65. The van der Waals surface area contributed by atoms with Crippen LogP contribution >= 0.6 is 11.6 Å². The van der Waals surface area contributed by atoms with Crippen molar-refractivity contribution in [3.63, 3.8) is 0 Å². The molecule has 0 amide bonds. The number of nitriles is 1. The van der Waals surface area contributed by atoms with E-state index in [2.05, 4.69) is 6.07 Å². The van der Waals surface area contributed by atoms with Crippen LogP contribution in [0.2, 0.25) is 5.02 Å². The summed E-state index contributed by atoms with van der Waals surface area (Å²) < 4.78 is 11.8. The van der Waals surface area contributed by atoms with E-state index in [-0.39, 0.29) is 0 Å². The van der Waals surface area contributed by atoms with Crippen molar-refractivity contribution >= 4 is 24.2 Å². The predicted molar refractivity (Wildman–Crippen MR) is 71.9 cm³/mol. The number of hydrogen-bond donors (Lipinski definition) is 0. The van der Waals surface area contributed by atoms with Crippen LogP contribution in [0.15, 0.2) is 18.2 Å². The van der Waals surface area contributed by atoms with E-state index in [1.807, 2.05) is 27.7 Å². The van der Waals surface area contributed by atoms with Crippen molar-refractivity contribution in [2.75, 3.05) is 0 Å². The van der Waals surface area contributed by atoms with Crippen molar-refractivity contribution in [1.82, 2.24) is 0 Å². The number of benzene rings is 1. The molecule has 0 bridgehead atoms. The van der Waals surface area contributed by atoms with Crippen LogP contribution in [0, 0.1) is 11.3 Å². The summed E-state index contributed by atoms with van der Waals surface area (Å²) in [5, 5.41) is 9.47. The second kappa shape index (κ2) is 4.27. The average molecular weight is 264 g/mol. The molecule has 0 spiro atoms. The van der Waals surface area contributed by atoms with E-state index in [1.165, 1.54) is 0 Å². The largest absolute Gasteiger partial charge is 0.496 e. The summed E-state index contributed by atoms with van der Waals surface area (Å²) in [5.74, 6) is 0. The molecule has 1 aliphatic heterocycles. The van der Waals surface area contributed by atoms with Crippen molar-refractivity contribution in [1.29, 1.82) is 5.26 Å². The highest BCUT2D eigenvalue weighted by Crippen LogP contribution is 2.37. The van der Waals surface area contributed by atoms with Crippen LogP contribution in [0.3, 0.4) is 0 Å². The maximum absolute atomic E-state index is 8.93. The summed E-state index contributed by atoms with van der Waals surface area (Å²) >= 11 is 6.15. The Labute approximate surface area is 113 Å². The molecule has 2 rings (SSSR count). The third-order valence-electron chi connectivity index (χ3n) is 3.63. The molecule has 0 radical (unpaired) electrons. The minimum absolute atomic E-state index is 0.413. The van der Waals surface area contributed by atoms with Crippen molar-refractivity contribution in [3.8, 4) is 6.07 Å². The predicted octanol–water partition coefficient (Wildman–Crippen LogP) is 2.51. The Balaban J connectivity index is 2.38. The first-order chi connectivity index (χ1) is 8.27. The van der Waals surface area contributed by atoms with E-state index >= 15 is 0 Å². The van der Waals surface area contributed by atoms with Gasteiger partial charge in [0, 0.05) is 10.5 Å². The third kappa shape index (κ3) is 2.14. The smallest absolute Gasteiger partial charge is 0.399 e. The summed E-state index contributed by atoms with van der Waals surface area (Å²) in [6, 6.07) is 7.18. The van der Waals surface area contributed by atoms with Gasteiger partial charge in [-0.3, -0.25) is 0 Å². The average Bonchev–Trinajstić information content (AvgIpc) is 2.48. The molecule has 1 aromatic carbocycles. The second-order valence-corrected chi connectivity index (χ2v) is 5.84. The lowest BCUT2D eigenvalue weighted by Crippen LogP contribution is -2.41. The fourth-order valence-corrected chi connectivity index (χ4v) is 1.97. The van der Waals surface area contributed by atoms with E-state index in [0.29, 0.717) is 16.0 Å². The maximum atomic E-state index is 8.93. The first-order valence-electron chi connectivity index (χ1n) is 5.82. The Morgan fingerprint density at radius 1 is 1.17 bits per heavy atom. The van der Waals surface area contributed by atoms with E-state index in [9.17, 15) is 0 Å². The molecule has 18 heavy (non-hydrogen) atoms. The maximum Gasteiger partial charge on any atom is 0.496 e. The van der Waals surface area contributed by atoms with Gasteiger partial charge in [-0.15, -0.1) is 0 Å².